The van der Waals surface area contributed by atoms with Gasteiger partial charge < -0.3 is 0 Å². The van der Waals surface area contributed by atoms with E-state index < -0.39 is 12.7 Å². The Balaban J connectivity index is 0. The average molecular weight is 253 g/mol. The number of likely N-dealkylation sites (N-methyl/N-ethyl adjacent to an activating group) is 1. The first kappa shape index (κ1) is 18.5. The predicted molar refractivity (Wildman–Crippen MR) is 63.9 cm³/mol. The van der Waals surface area contributed by atoms with Gasteiger partial charge in [0.1, 0.15) is 0 Å². The number of alkyl halides is 3. The molecule has 0 aliphatic carbocycles. The molecule has 0 unspecified atom stereocenters. The highest BCUT2D eigenvalue weighted by molar-refractivity contribution is 5.91. The SMILES string of the molecule is CC.CC(C)C(=O)/C=C/CN(C)CC(F)(F)F. The third kappa shape index (κ3) is 13.1. The van der Waals surface area contributed by atoms with Gasteiger partial charge in [-0.2, -0.15) is 13.2 Å². The minimum Gasteiger partial charge on any atom is -0.295 e. The van der Waals surface area contributed by atoms with Gasteiger partial charge in [0.05, 0.1) is 6.54 Å². The fraction of sp³-hybridized carbons (Fsp3) is 0.750. The number of carbonyl (C=O) groups is 1. The van der Waals surface area contributed by atoms with Gasteiger partial charge in [0.25, 0.3) is 0 Å². The van der Waals surface area contributed by atoms with Gasteiger partial charge in [-0.05, 0) is 13.1 Å². The van der Waals surface area contributed by atoms with E-state index in [0.717, 1.165) is 4.90 Å². The molecule has 0 aliphatic heterocycles. The second-order valence-electron chi connectivity index (χ2n) is 3.77. The monoisotopic (exact) mass is 253 g/mol. The lowest BCUT2D eigenvalue weighted by Crippen LogP contribution is -2.31. The number of hydrogen-bond acceptors (Lipinski definition) is 2. The molecule has 0 N–H and O–H groups in total. The van der Waals surface area contributed by atoms with Gasteiger partial charge in [0.2, 0.25) is 0 Å². The maximum Gasteiger partial charge on any atom is 0.401 e. The molecular formula is C12H22F3NO. The van der Waals surface area contributed by atoms with Gasteiger partial charge in [-0.15, -0.1) is 0 Å². The summed E-state index contributed by atoms with van der Waals surface area (Å²) in [5.74, 6) is -0.190. The molecule has 0 radical (unpaired) electrons. The Labute approximate surface area is 101 Å². The second kappa shape index (κ2) is 9.22. The summed E-state index contributed by atoms with van der Waals surface area (Å²) in [6.07, 6.45) is -1.41. The van der Waals surface area contributed by atoms with Crippen LogP contribution in [-0.4, -0.2) is 37.0 Å². The summed E-state index contributed by atoms with van der Waals surface area (Å²) >= 11 is 0. The first-order chi connectivity index (χ1) is 7.72. The lowest BCUT2D eigenvalue weighted by atomic mass is 10.1. The van der Waals surface area contributed by atoms with Gasteiger partial charge in [0, 0.05) is 12.5 Å². The molecule has 0 saturated carbocycles. The zero-order valence-corrected chi connectivity index (χ0v) is 11.1. The van der Waals surface area contributed by atoms with Crippen molar-refractivity contribution < 1.29 is 18.0 Å². The minimum atomic E-state index is -4.19. The molecule has 0 aromatic heterocycles. The molecule has 0 bridgehead atoms. The van der Waals surface area contributed by atoms with Crippen LogP contribution >= 0.6 is 0 Å². The van der Waals surface area contributed by atoms with Crippen LogP contribution in [0, 0.1) is 5.92 Å². The van der Waals surface area contributed by atoms with Gasteiger partial charge in [0.15, 0.2) is 5.78 Å². The van der Waals surface area contributed by atoms with Crippen molar-refractivity contribution in [2.24, 2.45) is 5.92 Å². The summed E-state index contributed by atoms with van der Waals surface area (Å²) in [6.45, 7) is 6.64. The Kier molecular flexibility index (Phi) is 10.0. The van der Waals surface area contributed by atoms with Crippen molar-refractivity contribution >= 4 is 5.78 Å². The van der Waals surface area contributed by atoms with Gasteiger partial charge in [-0.1, -0.05) is 33.8 Å². The molecule has 0 rings (SSSR count). The molecule has 5 heteroatoms. The van der Waals surface area contributed by atoms with Crippen LogP contribution in [0.2, 0.25) is 0 Å². The van der Waals surface area contributed by atoms with E-state index in [2.05, 4.69) is 0 Å². The number of rotatable bonds is 5. The average Bonchev–Trinajstić information content (AvgIpc) is 2.17. The van der Waals surface area contributed by atoms with E-state index in [1.807, 2.05) is 13.8 Å². The van der Waals surface area contributed by atoms with Crippen molar-refractivity contribution in [3.05, 3.63) is 12.2 Å². The standard InChI is InChI=1S/C10H16F3NO.C2H6/c1-8(2)9(15)5-4-6-14(3)7-10(11,12)13;1-2/h4-5,8H,6-7H2,1-3H3;1-2H3/b5-4+;. The Morgan fingerprint density at radius 2 is 1.76 bits per heavy atom. The Hall–Kier alpha value is -0.840. The largest absolute Gasteiger partial charge is 0.401 e. The second-order valence-corrected chi connectivity index (χ2v) is 3.77. The number of ketones is 1. The van der Waals surface area contributed by atoms with Crippen LogP contribution in [0.1, 0.15) is 27.7 Å². The van der Waals surface area contributed by atoms with Crippen LogP contribution in [-0.2, 0) is 4.79 Å². The van der Waals surface area contributed by atoms with E-state index in [0.29, 0.717) is 0 Å². The van der Waals surface area contributed by atoms with Gasteiger partial charge in [-0.3, -0.25) is 9.69 Å². The fourth-order valence-electron chi connectivity index (χ4n) is 0.912. The zero-order valence-electron chi connectivity index (χ0n) is 11.1. The van der Waals surface area contributed by atoms with Crippen LogP contribution in [0.5, 0.6) is 0 Å². The molecule has 0 atom stereocenters. The van der Waals surface area contributed by atoms with E-state index >= 15 is 0 Å². The van der Waals surface area contributed by atoms with E-state index in [-0.39, 0.29) is 18.2 Å². The highest BCUT2D eigenvalue weighted by atomic mass is 19.4. The van der Waals surface area contributed by atoms with Crippen molar-refractivity contribution in [2.45, 2.75) is 33.9 Å². The zero-order chi connectivity index (χ0) is 14.1. The molecule has 0 heterocycles. The third-order valence-electron chi connectivity index (χ3n) is 1.72. The van der Waals surface area contributed by atoms with E-state index in [4.69, 9.17) is 0 Å². The number of hydrogen-bond donors (Lipinski definition) is 0. The van der Waals surface area contributed by atoms with Crippen LogP contribution in [0.3, 0.4) is 0 Å². The van der Waals surface area contributed by atoms with Crippen LogP contribution < -0.4 is 0 Å². The quantitative estimate of drug-likeness (QED) is 0.701. The molecule has 2 nitrogen and oxygen atoms in total. The van der Waals surface area contributed by atoms with Gasteiger partial charge in [-0.25, -0.2) is 0 Å². The van der Waals surface area contributed by atoms with Crippen LogP contribution in [0.4, 0.5) is 13.2 Å². The van der Waals surface area contributed by atoms with Crippen molar-refractivity contribution in [1.29, 1.82) is 0 Å². The Morgan fingerprint density at radius 3 is 2.12 bits per heavy atom. The number of carbonyl (C=O) groups excluding carboxylic acids is 1. The number of nitrogens with zero attached hydrogens (tertiary/aromatic N) is 1. The van der Waals surface area contributed by atoms with E-state index in [1.54, 1.807) is 13.8 Å². The molecule has 0 aromatic rings. The summed E-state index contributed by atoms with van der Waals surface area (Å²) < 4.78 is 35.7. The highest BCUT2D eigenvalue weighted by Gasteiger charge is 2.28. The molecule has 17 heavy (non-hydrogen) atoms. The molecule has 0 spiro atoms. The highest BCUT2D eigenvalue weighted by Crippen LogP contribution is 2.15. The first-order valence-electron chi connectivity index (χ1n) is 5.68. The van der Waals surface area contributed by atoms with Crippen molar-refractivity contribution in [2.75, 3.05) is 20.1 Å². The Morgan fingerprint density at radius 1 is 1.29 bits per heavy atom. The molecular weight excluding hydrogens is 231 g/mol. The molecule has 102 valence electrons. The summed E-state index contributed by atoms with van der Waals surface area (Å²) in [4.78, 5) is 12.2. The van der Waals surface area contributed by atoms with Crippen molar-refractivity contribution in [3.8, 4) is 0 Å². The van der Waals surface area contributed by atoms with Crippen LogP contribution in [0.15, 0.2) is 12.2 Å². The summed E-state index contributed by atoms with van der Waals surface area (Å²) in [5, 5.41) is 0. The maximum atomic E-state index is 11.9. The van der Waals surface area contributed by atoms with Crippen molar-refractivity contribution in [3.63, 3.8) is 0 Å². The van der Waals surface area contributed by atoms with Gasteiger partial charge >= 0.3 is 6.18 Å². The molecule has 0 saturated heterocycles. The van der Waals surface area contributed by atoms with E-state index in [1.165, 1.54) is 19.2 Å². The smallest absolute Gasteiger partial charge is 0.295 e. The lowest BCUT2D eigenvalue weighted by Gasteiger charge is -2.16. The minimum absolute atomic E-state index is 0.0737. The molecule has 0 aromatic carbocycles. The van der Waals surface area contributed by atoms with E-state index in [9.17, 15) is 18.0 Å². The van der Waals surface area contributed by atoms with Crippen LogP contribution in [0.25, 0.3) is 0 Å². The Bertz CT molecular complexity index is 234. The summed E-state index contributed by atoms with van der Waals surface area (Å²) in [7, 11) is 1.36. The molecule has 0 amide bonds. The summed E-state index contributed by atoms with van der Waals surface area (Å²) in [5.41, 5.74) is 0. The fourth-order valence-corrected chi connectivity index (χ4v) is 0.912. The van der Waals surface area contributed by atoms with Crippen molar-refractivity contribution in [1.82, 2.24) is 4.90 Å². The number of halogens is 3. The first-order valence-corrected chi connectivity index (χ1v) is 5.68. The number of allylic oxidation sites excluding steroid dienone is 1. The normalized spacial score (nSPS) is 11.9. The lowest BCUT2D eigenvalue weighted by molar-refractivity contribution is -0.141. The summed E-state index contributed by atoms with van der Waals surface area (Å²) in [6, 6.07) is 0. The molecule has 0 fully saturated rings. The maximum absolute atomic E-state index is 11.9. The predicted octanol–water partition coefficient (Wildman–Crippen LogP) is 3.29. The third-order valence-corrected chi connectivity index (χ3v) is 1.72. The molecule has 0 aliphatic rings. The topological polar surface area (TPSA) is 20.3 Å².